The minimum atomic E-state index is -1.87. The minimum absolute atomic E-state index is 0.0606. The summed E-state index contributed by atoms with van der Waals surface area (Å²) in [6.45, 7) is 16.7. The summed E-state index contributed by atoms with van der Waals surface area (Å²) in [7, 11) is 1.58. The van der Waals surface area contributed by atoms with Gasteiger partial charge in [0.15, 0.2) is 11.4 Å². The summed E-state index contributed by atoms with van der Waals surface area (Å²) in [5.74, 6) is -2.93. The molecule has 0 aromatic heterocycles. The van der Waals surface area contributed by atoms with Gasteiger partial charge in [0.05, 0.1) is 29.8 Å². The van der Waals surface area contributed by atoms with Crippen molar-refractivity contribution < 1.29 is 54.5 Å². The van der Waals surface area contributed by atoms with Crippen LogP contribution in [0.15, 0.2) is 23.8 Å². The van der Waals surface area contributed by atoms with Crippen molar-refractivity contribution in [2.45, 2.75) is 167 Å². The normalized spacial score (nSPS) is 48.1. The van der Waals surface area contributed by atoms with Gasteiger partial charge < -0.3 is 45.4 Å². The van der Waals surface area contributed by atoms with E-state index in [-0.39, 0.29) is 54.7 Å². The molecule has 13 heteroatoms. The third-order valence-corrected chi connectivity index (χ3v) is 16.0. The lowest BCUT2D eigenvalue weighted by atomic mass is 9.47. The van der Waals surface area contributed by atoms with E-state index in [1.165, 1.54) is 20.8 Å². The van der Waals surface area contributed by atoms with Crippen molar-refractivity contribution in [3.8, 4) is 0 Å². The van der Waals surface area contributed by atoms with Gasteiger partial charge in [0.2, 0.25) is 0 Å². The van der Waals surface area contributed by atoms with Crippen molar-refractivity contribution >= 4 is 17.7 Å². The first kappa shape index (κ1) is 46.8. The number of ketones is 1. The topological polar surface area (TPSA) is 206 Å². The van der Waals surface area contributed by atoms with Gasteiger partial charge in [-0.1, -0.05) is 52.3 Å². The lowest BCUT2D eigenvalue weighted by Gasteiger charge is -2.59. The van der Waals surface area contributed by atoms with E-state index in [4.69, 9.17) is 9.47 Å². The van der Waals surface area contributed by atoms with Gasteiger partial charge in [0.25, 0.3) is 5.91 Å². The zero-order valence-corrected chi connectivity index (χ0v) is 36.6. The van der Waals surface area contributed by atoms with Crippen LogP contribution in [-0.2, 0) is 23.9 Å². The molecule has 330 valence electrons. The highest BCUT2D eigenvalue weighted by Crippen LogP contribution is 2.67. The molecule has 58 heavy (non-hydrogen) atoms. The van der Waals surface area contributed by atoms with Crippen LogP contribution < -0.4 is 5.32 Å². The quantitative estimate of drug-likeness (QED) is 0.113. The van der Waals surface area contributed by atoms with Gasteiger partial charge in [-0.3, -0.25) is 19.3 Å². The predicted molar refractivity (Wildman–Crippen MR) is 218 cm³/mol. The number of methoxy groups -OCH3 is 1. The highest BCUT2D eigenvalue weighted by molar-refractivity contribution is 5.93. The molecular formula is C45H74N2O11. The number of fused-ring (bicyclic) bond motifs is 5. The Labute approximate surface area is 345 Å². The first-order valence-corrected chi connectivity index (χ1v) is 21.8. The maximum absolute atomic E-state index is 14.4. The number of nitrogens with zero attached hydrogens (tertiary/aromatic N) is 1. The fourth-order valence-electron chi connectivity index (χ4n) is 12.5. The summed E-state index contributed by atoms with van der Waals surface area (Å²) in [5.41, 5.74) is -4.63. The van der Waals surface area contributed by atoms with E-state index in [1.54, 1.807) is 34.0 Å². The molecule has 2 saturated carbocycles. The molecule has 1 amide bonds. The number of aliphatic hydroxyl groups excluding tert-OH is 4. The Kier molecular flexibility index (Phi) is 13.9. The van der Waals surface area contributed by atoms with Crippen LogP contribution in [0.2, 0.25) is 0 Å². The van der Waals surface area contributed by atoms with Crippen LogP contribution in [0, 0.1) is 46.3 Å². The van der Waals surface area contributed by atoms with Crippen molar-refractivity contribution in [3.05, 3.63) is 23.8 Å². The Hall–Kier alpha value is -2.23. The molecule has 5 aliphatic rings. The van der Waals surface area contributed by atoms with Gasteiger partial charge in [-0.15, -0.1) is 0 Å². The standard InChI is InChI=1S/C45H74N2O11/c1-11-34-44(9,56)38(52)28(5)47(24-25(2)22-43(8,55)37(51)26(3)36(50)27(4)39(53)58-34)20-12-19-46-40(54)45(57-10)18-16-32-31-14-13-29-21-30(48)15-17-41(29,6)35(31)33(49)23-42(32,45)7/h13,15,17,25-28,31-38,49-52,55-56H,11-12,14,16,18-24H2,1-10H3,(H,46,54)/t25-,26+,27-,28-,31?,32?,33+,34-,35?,36+,37-,38-,41+,42+,43-,44-,45+/m1/s1. The number of carbonyl (C=O) groups is 3. The second-order valence-corrected chi connectivity index (χ2v) is 19.9. The lowest BCUT2D eigenvalue weighted by molar-refractivity contribution is -0.193. The Morgan fingerprint density at radius 2 is 1.69 bits per heavy atom. The average molecular weight is 819 g/mol. The predicted octanol–water partition coefficient (Wildman–Crippen LogP) is 3.07. The number of cyclic esters (lactones) is 1. The van der Waals surface area contributed by atoms with Crippen molar-refractivity contribution in [2.75, 3.05) is 26.7 Å². The second kappa shape index (κ2) is 17.3. The molecule has 0 radical (unpaired) electrons. The van der Waals surface area contributed by atoms with E-state index in [9.17, 15) is 45.0 Å². The first-order chi connectivity index (χ1) is 26.9. The molecule has 13 nitrogen and oxygen atoms in total. The number of aliphatic hydroxyl groups is 6. The number of nitrogens with one attached hydrogen (secondary N) is 1. The van der Waals surface area contributed by atoms with Gasteiger partial charge >= 0.3 is 5.97 Å². The van der Waals surface area contributed by atoms with E-state index in [0.29, 0.717) is 38.8 Å². The summed E-state index contributed by atoms with van der Waals surface area (Å²) in [6, 6.07) is -0.664. The van der Waals surface area contributed by atoms with Crippen molar-refractivity contribution in [2.24, 2.45) is 46.3 Å². The fourth-order valence-corrected chi connectivity index (χ4v) is 12.5. The molecule has 1 aliphatic heterocycles. The van der Waals surface area contributed by atoms with Crippen LogP contribution >= 0.6 is 0 Å². The van der Waals surface area contributed by atoms with E-state index < -0.39 is 82.0 Å². The summed E-state index contributed by atoms with van der Waals surface area (Å²) in [5, 5.41) is 72.4. The molecule has 0 aromatic rings. The number of carbonyl (C=O) groups excluding carboxylic acids is 3. The fraction of sp³-hybridized carbons (Fsp3) is 0.844. The zero-order chi connectivity index (χ0) is 43.3. The van der Waals surface area contributed by atoms with E-state index in [2.05, 4.69) is 25.2 Å². The monoisotopic (exact) mass is 819 g/mol. The molecule has 4 aliphatic carbocycles. The van der Waals surface area contributed by atoms with Gasteiger partial charge in [0, 0.05) is 61.9 Å². The van der Waals surface area contributed by atoms with E-state index in [1.807, 2.05) is 17.9 Å². The molecule has 17 atom stereocenters. The Bertz CT molecular complexity index is 1580. The van der Waals surface area contributed by atoms with Gasteiger partial charge in [0.1, 0.15) is 17.8 Å². The number of rotatable bonds is 7. The summed E-state index contributed by atoms with van der Waals surface area (Å²) < 4.78 is 12.0. The maximum Gasteiger partial charge on any atom is 0.311 e. The summed E-state index contributed by atoms with van der Waals surface area (Å²) >= 11 is 0. The first-order valence-electron chi connectivity index (χ1n) is 21.8. The van der Waals surface area contributed by atoms with E-state index in [0.717, 1.165) is 18.4 Å². The van der Waals surface area contributed by atoms with E-state index >= 15 is 0 Å². The zero-order valence-electron chi connectivity index (χ0n) is 36.6. The summed E-state index contributed by atoms with van der Waals surface area (Å²) in [4.78, 5) is 41.9. The molecule has 1 saturated heterocycles. The maximum atomic E-state index is 14.4. The number of allylic oxidation sites excluding steroid dienone is 4. The molecule has 7 N–H and O–H groups in total. The van der Waals surface area contributed by atoms with Crippen molar-refractivity contribution in [1.82, 2.24) is 10.2 Å². The molecule has 0 aromatic carbocycles. The molecule has 5 rings (SSSR count). The van der Waals surface area contributed by atoms with Gasteiger partial charge in [-0.25, -0.2) is 0 Å². The molecule has 0 spiro atoms. The lowest BCUT2D eigenvalue weighted by Crippen LogP contribution is -2.63. The second-order valence-electron chi connectivity index (χ2n) is 19.9. The third kappa shape index (κ3) is 8.12. The van der Waals surface area contributed by atoms with Gasteiger partial charge in [-0.05, 0) is 96.5 Å². The minimum Gasteiger partial charge on any atom is -0.459 e. The molecule has 3 unspecified atom stereocenters. The Morgan fingerprint density at radius 3 is 2.33 bits per heavy atom. The number of amides is 1. The van der Waals surface area contributed by atoms with Crippen molar-refractivity contribution in [3.63, 3.8) is 0 Å². The third-order valence-electron chi connectivity index (χ3n) is 16.0. The smallest absolute Gasteiger partial charge is 0.311 e. The Balaban J connectivity index is 1.32. The number of ether oxygens (including phenoxy) is 2. The SMILES string of the molecule is CC[C@H]1OC(=O)[C@H](C)[C@@H](O)[C@H](C)[C@@H](O)[C@](C)(O)C[C@@H](C)CN(CCCNC(=O)[C@@]2(OC)CCC3C4CC=C5CC(=O)C=C[C@]5(C)C4[C@@H](O)C[C@@]32C)[C@H](C)[C@@H](O)[C@]1(C)O. The van der Waals surface area contributed by atoms with Crippen LogP contribution in [0.4, 0.5) is 0 Å². The average Bonchev–Trinajstić information content (AvgIpc) is 3.47. The molecule has 1 heterocycles. The largest absolute Gasteiger partial charge is 0.459 e. The number of hydrogen-bond acceptors (Lipinski definition) is 12. The highest BCUT2D eigenvalue weighted by atomic mass is 16.6. The Morgan fingerprint density at radius 1 is 1.02 bits per heavy atom. The van der Waals surface area contributed by atoms with Crippen LogP contribution in [0.25, 0.3) is 0 Å². The van der Waals surface area contributed by atoms with Crippen LogP contribution in [0.5, 0.6) is 0 Å². The van der Waals surface area contributed by atoms with Crippen LogP contribution in [0.3, 0.4) is 0 Å². The number of hydrogen-bond donors (Lipinski definition) is 7. The highest BCUT2D eigenvalue weighted by Gasteiger charge is 2.69. The number of esters is 1. The van der Waals surface area contributed by atoms with Crippen molar-refractivity contribution in [1.29, 1.82) is 0 Å². The van der Waals surface area contributed by atoms with Gasteiger partial charge in [-0.2, -0.15) is 0 Å². The molecule has 3 fully saturated rings. The van der Waals surface area contributed by atoms with Crippen LogP contribution in [0.1, 0.15) is 114 Å². The molecular weight excluding hydrogens is 744 g/mol. The van der Waals surface area contributed by atoms with Crippen LogP contribution in [-0.4, -0.2) is 133 Å². The molecule has 0 bridgehead atoms. The summed E-state index contributed by atoms with van der Waals surface area (Å²) in [6.07, 6.45) is 3.56.